The summed E-state index contributed by atoms with van der Waals surface area (Å²) < 4.78 is 0. The van der Waals surface area contributed by atoms with Gasteiger partial charge in [0.25, 0.3) is 0 Å². The highest BCUT2D eigenvalue weighted by Gasteiger charge is 2.19. The zero-order chi connectivity index (χ0) is 15.4. The minimum absolute atomic E-state index is 0.257. The van der Waals surface area contributed by atoms with E-state index in [1.54, 1.807) is 0 Å². The van der Waals surface area contributed by atoms with Crippen molar-refractivity contribution < 1.29 is 0 Å². The van der Waals surface area contributed by atoms with E-state index in [9.17, 15) is 0 Å². The van der Waals surface area contributed by atoms with E-state index in [0.29, 0.717) is 5.92 Å². The van der Waals surface area contributed by atoms with Crippen LogP contribution in [0.25, 0.3) is 0 Å². The molecule has 1 saturated carbocycles. The van der Waals surface area contributed by atoms with Crippen LogP contribution in [0, 0.1) is 6.92 Å². The van der Waals surface area contributed by atoms with Crippen molar-refractivity contribution in [2.45, 2.75) is 57.9 Å². The van der Waals surface area contributed by atoms with Gasteiger partial charge in [-0.3, -0.25) is 4.98 Å². The number of pyridine rings is 1. The molecule has 1 aliphatic carbocycles. The van der Waals surface area contributed by atoms with Gasteiger partial charge >= 0.3 is 0 Å². The van der Waals surface area contributed by atoms with Crippen LogP contribution in [0.3, 0.4) is 0 Å². The van der Waals surface area contributed by atoms with Gasteiger partial charge in [-0.05, 0) is 44.4 Å². The molecule has 1 aliphatic rings. The first-order valence-electron chi connectivity index (χ1n) is 8.22. The van der Waals surface area contributed by atoms with Crippen molar-refractivity contribution in [2.24, 2.45) is 0 Å². The predicted octanol–water partition coefficient (Wildman–Crippen LogP) is 3.88. The molecule has 1 fully saturated rings. The van der Waals surface area contributed by atoms with Gasteiger partial charge in [-0.25, -0.2) is 9.97 Å². The van der Waals surface area contributed by atoms with E-state index < -0.39 is 0 Å². The minimum atomic E-state index is 0.257. The van der Waals surface area contributed by atoms with Crippen LogP contribution in [0.5, 0.6) is 0 Å². The molecule has 0 radical (unpaired) electrons. The van der Waals surface area contributed by atoms with Gasteiger partial charge in [0, 0.05) is 42.2 Å². The summed E-state index contributed by atoms with van der Waals surface area (Å²) in [4.78, 5) is 13.5. The Labute approximate surface area is 132 Å². The Morgan fingerprint density at radius 1 is 1.18 bits per heavy atom. The normalized spacial score (nSPS) is 16.6. The van der Waals surface area contributed by atoms with Crippen molar-refractivity contribution in [3.8, 4) is 0 Å². The van der Waals surface area contributed by atoms with Crippen molar-refractivity contribution in [2.75, 3.05) is 5.32 Å². The molecule has 3 rings (SSSR count). The topological polar surface area (TPSA) is 50.7 Å². The average molecular weight is 296 g/mol. The molecule has 0 amide bonds. The van der Waals surface area contributed by atoms with Crippen LogP contribution in [-0.2, 0) is 6.42 Å². The van der Waals surface area contributed by atoms with Crippen LogP contribution in [0.2, 0.25) is 0 Å². The van der Waals surface area contributed by atoms with Crippen LogP contribution < -0.4 is 5.32 Å². The first-order chi connectivity index (χ1) is 10.7. The van der Waals surface area contributed by atoms with Gasteiger partial charge in [-0.15, -0.1) is 0 Å². The lowest BCUT2D eigenvalue weighted by Crippen LogP contribution is -2.21. The average Bonchev–Trinajstić information content (AvgIpc) is 3.04. The van der Waals surface area contributed by atoms with Crippen molar-refractivity contribution in [1.82, 2.24) is 15.0 Å². The predicted molar refractivity (Wildman–Crippen MR) is 89.0 cm³/mol. The molecule has 0 aliphatic heterocycles. The molecule has 0 spiro atoms. The standard InChI is InChI=1S/C18H24N4/c1-13-6-5-10-19-17(13)12-14(2)21-18-20-11-9-16(22-18)15-7-3-4-8-15/h5-6,9-11,14-15H,3-4,7-8,12H2,1-2H3,(H,20,21,22). The Kier molecular flexibility index (Phi) is 4.66. The first-order valence-corrected chi connectivity index (χ1v) is 8.22. The van der Waals surface area contributed by atoms with Gasteiger partial charge in [0.1, 0.15) is 0 Å². The fourth-order valence-electron chi connectivity index (χ4n) is 3.18. The summed E-state index contributed by atoms with van der Waals surface area (Å²) in [7, 11) is 0. The second-order valence-electron chi connectivity index (χ2n) is 6.30. The molecule has 116 valence electrons. The highest BCUT2D eigenvalue weighted by atomic mass is 15.1. The minimum Gasteiger partial charge on any atom is -0.351 e. The number of hydrogen-bond donors (Lipinski definition) is 1. The highest BCUT2D eigenvalue weighted by molar-refractivity contribution is 5.29. The molecule has 0 saturated heterocycles. The quantitative estimate of drug-likeness (QED) is 0.909. The molecule has 1 N–H and O–H groups in total. The number of hydrogen-bond acceptors (Lipinski definition) is 4. The third-order valence-electron chi connectivity index (χ3n) is 4.44. The Bertz CT molecular complexity index is 620. The molecule has 2 aromatic rings. The zero-order valence-corrected chi connectivity index (χ0v) is 13.4. The summed E-state index contributed by atoms with van der Waals surface area (Å²) in [6.07, 6.45) is 9.79. The molecule has 4 nitrogen and oxygen atoms in total. The van der Waals surface area contributed by atoms with Gasteiger partial charge in [0.2, 0.25) is 5.95 Å². The molecule has 22 heavy (non-hydrogen) atoms. The molecular formula is C18H24N4. The molecule has 1 atom stereocenters. The summed E-state index contributed by atoms with van der Waals surface area (Å²) in [6.45, 7) is 4.26. The molecule has 0 bridgehead atoms. The van der Waals surface area contributed by atoms with E-state index in [-0.39, 0.29) is 6.04 Å². The van der Waals surface area contributed by atoms with E-state index in [2.05, 4.69) is 41.3 Å². The molecule has 0 aromatic carbocycles. The smallest absolute Gasteiger partial charge is 0.223 e. The SMILES string of the molecule is Cc1cccnc1CC(C)Nc1nccc(C2CCCC2)n1. The van der Waals surface area contributed by atoms with Crippen molar-refractivity contribution in [3.05, 3.63) is 47.5 Å². The summed E-state index contributed by atoms with van der Waals surface area (Å²) in [6, 6.07) is 6.40. The van der Waals surface area contributed by atoms with Gasteiger partial charge in [-0.1, -0.05) is 18.9 Å². The van der Waals surface area contributed by atoms with Crippen LogP contribution in [0.4, 0.5) is 5.95 Å². The summed E-state index contributed by atoms with van der Waals surface area (Å²) in [5.74, 6) is 1.36. The van der Waals surface area contributed by atoms with Crippen LogP contribution >= 0.6 is 0 Å². The molecule has 2 heterocycles. The van der Waals surface area contributed by atoms with Gasteiger partial charge in [0.15, 0.2) is 0 Å². The zero-order valence-electron chi connectivity index (χ0n) is 13.4. The van der Waals surface area contributed by atoms with E-state index in [0.717, 1.165) is 18.1 Å². The van der Waals surface area contributed by atoms with Gasteiger partial charge < -0.3 is 5.32 Å². The number of nitrogens with zero attached hydrogens (tertiary/aromatic N) is 3. The molecule has 1 unspecified atom stereocenters. The van der Waals surface area contributed by atoms with E-state index in [1.165, 1.54) is 36.9 Å². The fourth-order valence-corrected chi connectivity index (χ4v) is 3.18. The molecule has 2 aromatic heterocycles. The number of anilines is 1. The maximum absolute atomic E-state index is 4.72. The highest BCUT2D eigenvalue weighted by Crippen LogP contribution is 2.33. The second-order valence-corrected chi connectivity index (χ2v) is 6.30. The lowest BCUT2D eigenvalue weighted by molar-refractivity contribution is 0.689. The van der Waals surface area contributed by atoms with Crippen molar-refractivity contribution in [1.29, 1.82) is 0 Å². The summed E-state index contributed by atoms with van der Waals surface area (Å²) in [5, 5.41) is 3.42. The third kappa shape index (κ3) is 3.62. The van der Waals surface area contributed by atoms with Crippen molar-refractivity contribution in [3.63, 3.8) is 0 Å². The van der Waals surface area contributed by atoms with Crippen LogP contribution in [0.1, 0.15) is 55.5 Å². The Morgan fingerprint density at radius 2 is 2.00 bits per heavy atom. The number of aromatic nitrogens is 3. The number of rotatable bonds is 5. The number of nitrogens with one attached hydrogen (secondary N) is 1. The lowest BCUT2D eigenvalue weighted by Gasteiger charge is -2.16. The van der Waals surface area contributed by atoms with Crippen molar-refractivity contribution >= 4 is 5.95 Å². The maximum atomic E-state index is 4.72. The maximum Gasteiger partial charge on any atom is 0.223 e. The fraction of sp³-hybridized carbons (Fsp3) is 0.500. The second kappa shape index (κ2) is 6.86. The first kappa shape index (κ1) is 14.9. The molecular weight excluding hydrogens is 272 g/mol. The monoisotopic (exact) mass is 296 g/mol. The van der Waals surface area contributed by atoms with E-state index in [4.69, 9.17) is 4.98 Å². The van der Waals surface area contributed by atoms with E-state index in [1.807, 2.05) is 18.5 Å². The lowest BCUT2D eigenvalue weighted by atomic mass is 10.0. The van der Waals surface area contributed by atoms with Gasteiger partial charge in [-0.2, -0.15) is 0 Å². The third-order valence-corrected chi connectivity index (χ3v) is 4.44. The van der Waals surface area contributed by atoms with Crippen LogP contribution in [-0.4, -0.2) is 21.0 Å². The number of aryl methyl sites for hydroxylation is 1. The van der Waals surface area contributed by atoms with Gasteiger partial charge in [0.05, 0.1) is 0 Å². The Hall–Kier alpha value is -1.97. The Balaban J connectivity index is 1.65. The van der Waals surface area contributed by atoms with E-state index >= 15 is 0 Å². The summed E-state index contributed by atoms with van der Waals surface area (Å²) >= 11 is 0. The largest absolute Gasteiger partial charge is 0.351 e. The Morgan fingerprint density at radius 3 is 2.77 bits per heavy atom. The summed E-state index contributed by atoms with van der Waals surface area (Å²) in [5.41, 5.74) is 3.56. The van der Waals surface area contributed by atoms with Crippen LogP contribution in [0.15, 0.2) is 30.6 Å². The molecule has 4 heteroatoms.